The molecule has 6 nitrogen and oxygen atoms in total. The number of carbonyl (C=O) groups excluding carboxylic acids is 2. The molecular weight excluding hydrogens is 340 g/mol. The number of nitrogens with zero attached hydrogens (tertiary/aromatic N) is 2. The molecule has 0 unspecified atom stereocenters. The monoisotopic (exact) mass is 366 g/mol. The van der Waals surface area contributed by atoms with E-state index in [2.05, 4.69) is 34.7 Å². The maximum absolute atomic E-state index is 12.9. The normalized spacial score (nSPS) is 19.0. The van der Waals surface area contributed by atoms with Crippen LogP contribution in [0.2, 0.25) is 0 Å². The van der Waals surface area contributed by atoms with E-state index in [0.29, 0.717) is 26.2 Å². The second-order valence-corrected chi connectivity index (χ2v) is 6.89. The zero-order chi connectivity index (χ0) is 19.2. The van der Waals surface area contributed by atoms with Gasteiger partial charge in [-0.05, 0) is 36.6 Å². The third-order valence-electron chi connectivity index (χ3n) is 5.05. The molecule has 0 saturated carbocycles. The number of amides is 3. The molecule has 0 aliphatic carbocycles. The summed E-state index contributed by atoms with van der Waals surface area (Å²) in [4.78, 5) is 31.1. The number of rotatable bonds is 5. The Hall–Kier alpha value is -2.89. The van der Waals surface area contributed by atoms with Gasteiger partial charge in [0.2, 0.25) is 5.91 Å². The summed E-state index contributed by atoms with van der Waals surface area (Å²) in [6, 6.07) is 11.8. The molecule has 2 aromatic rings. The Morgan fingerprint density at radius 1 is 1.15 bits per heavy atom. The van der Waals surface area contributed by atoms with E-state index in [4.69, 9.17) is 0 Å². The summed E-state index contributed by atoms with van der Waals surface area (Å²) in [6.45, 7) is 5.91. The summed E-state index contributed by atoms with van der Waals surface area (Å²) in [5.41, 5.74) is 3.23. The topological polar surface area (TPSA) is 74.3 Å². The minimum Gasteiger partial charge on any atom is -0.352 e. The maximum atomic E-state index is 12.9. The van der Waals surface area contributed by atoms with E-state index in [1.807, 2.05) is 31.2 Å². The third kappa shape index (κ3) is 4.45. The molecule has 1 aromatic carbocycles. The van der Waals surface area contributed by atoms with Crippen molar-refractivity contribution in [3.8, 4) is 0 Å². The summed E-state index contributed by atoms with van der Waals surface area (Å²) in [7, 11) is 0. The molecule has 142 valence electrons. The molecule has 3 rings (SSSR count). The Kier molecular flexibility index (Phi) is 6.06. The second-order valence-electron chi connectivity index (χ2n) is 6.89. The number of hydrogen-bond acceptors (Lipinski definition) is 3. The lowest BCUT2D eigenvalue weighted by molar-refractivity contribution is -0.125. The minimum absolute atomic E-state index is 0.0114. The summed E-state index contributed by atoms with van der Waals surface area (Å²) < 4.78 is 0. The first-order valence-electron chi connectivity index (χ1n) is 9.35. The molecule has 1 aromatic heterocycles. The highest BCUT2D eigenvalue weighted by Gasteiger charge is 2.40. The van der Waals surface area contributed by atoms with Crippen LogP contribution in [-0.4, -0.2) is 41.5 Å². The van der Waals surface area contributed by atoms with Crippen molar-refractivity contribution in [2.24, 2.45) is 5.92 Å². The van der Waals surface area contributed by atoms with Gasteiger partial charge in [-0.3, -0.25) is 9.78 Å². The number of likely N-dealkylation sites (tertiary alicyclic amines) is 1. The Morgan fingerprint density at radius 3 is 2.67 bits per heavy atom. The summed E-state index contributed by atoms with van der Waals surface area (Å²) >= 11 is 0. The van der Waals surface area contributed by atoms with Crippen molar-refractivity contribution < 1.29 is 9.59 Å². The van der Waals surface area contributed by atoms with Crippen LogP contribution in [-0.2, 0) is 11.3 Å². The van der Waals surface area contributed by atoms with E-state index in [9.17, 15) is 9.59 Å². The Labute approximate surface area is 160 Å². The van der Waals surface area contributed by atoms with Gasteiger partial charge in [0.25, 0.3) is 0 Å². The predicted molar refractivity (Wildman–Crippen MR) is 104 cm³/mol. The predicted octanol–water partition coefficient (Wildman–Crippen LogP) is 2.45. The van der Waals surface area contributed by atoms with Gasteiger partial charge < -0.3 is 15.5 Å². The molecule has 2 heterocycles. The Balaban J connectivity index is 1.77. The number of pyridine rings is 1. The standard InChI is InChI=1S/C21H26N4O2/c1-3-23-21(27)25-13-18(17-9-5-4-7-15(17)2)19(14-25)20(26)24-12-16-8-6-10-22-11-16/h4-11,18-19H,3,12-14H2,1-2H3,(H,23,27)(H,24,26)/t18-,19-/m0/s1. The fourth-order valence-corrected chi connectivity index (χ4v) is 3.64. The van der Waals surface area contributed by atoms with E-state index in [-0.39, 0.29) is 23.8 Å². The van der Waals surface area contributed by atoms with E-state index >= 15 is 0 Å². The van der Waals surface area contributed by atoms with Gasteiger partial charge in [0.15, 0.2) is 0 Å². The molecule has 27 heavy (non-hydrogen) atoms. The lowest BCUT2D eigenvalue weighted by Crippen LogP contribution is -2.39. The van der Waals surface area contributed by atoms with Crippen LogP contribution < -0.4 is 10.6 Å². The fraction of sp³-hybridized carbons (Fsp3) is 0.381. The first kappa shape index (κ1) is 18.9. The number of aryl methyl sites for hydroxylation is 1. The number of urea groups is 1. The average molecular weight is 366 g/mol. The first-order chi connectivity index (χ1) is 13.1. The quantitative estimate of drug-likeness (QED) is 0.854. The Bertz CT molecular complexity index is 794. The highest BCUT2D eigenvalue weighted by Crippen LogP contribution is 2.34. The number of aromatic nitrogens is 1. The zero-order valence-corrected chi connectivity index (χ0v) is 15.8. The van der Waals surface area contributed by atoms with Crippen molar-refractivity contribution >= 4 is 11.9 Å². The van der Waals surface area contributed by atoms with Crippen LogP contribution in [0, 0.1) is 12.8 Å². The SMILES string of the molecule is CCNC(=O)N1C[C@H](C(=O)NCc2cccnc2)[C@H](c2ccccc2C)C1. The van der Waals surface area contributed by atoms with Crippen LogP contribution in [0.3, 0.4) is 0 Å². The fourth-order valence-electron chi connectivity index (χ4n) is 3.64. The molecule has 3 amide bonds. The molecule has 1 fully saturated rings. The Morgan fingerprint density at radius 2 is 1.96 bits per heavy atom. The van der Waals surface area contributed by atoms with Gasteiger partial charge in [0.1, 0.15) is 0 Å². The lowest BCUT2D eigenvalue weighted by Gasteiger charge is -2.20. The van der Waals surface area contributed by atoms with Crippen LogP contribution in [0.15, 0.2) is 48.8 Å². The summed E-state index contributed by atoms with van der Waals surface area (Å²) in [6.07, 6.45) is 3.45. The van der Waals surface area contributed by atoms with Crippen LogP contribution in [0.5, 0.6) is 0 Å². The van der Waals surface area contributed by atoms with Crippen LogP contribution in [0.25, 0.3) is 0 Å². The zero-order valence-electron chi connectivity index (χ0n) is 15.8. The van der Waals surface area contributed by atoms with E-state index in [1.54, 1.807) is 17.3 Å². The largest absolute Gasteiger partial charge is 0.352 e. The molecular formula is C21H26N4O2. The van der Waals surface area contributed by atoms with Crippen LogP contribution in [0.4, 0.5) is 4.79 Å². The molecule has 1 saturated heterocycles. The third-order valence-corrected chi connectivity index (χ3v) is 5.05. The molecule has 0 spiro atoms. The van der Waals surface area contributed by atoms with E-state index < -0.39 is 0 Å². The average Bonchev–Trinajstić information content (AvgIpc) is 3.13. The lowest BCUT2D eigenvalue weighted by atomic mass is 9.86. The van der Waals surface area contributed by atoms with E-state index in [0.717, 1.165) is 16.7 Å². The van der Waals surface area contributed by atoms with Crippen molar-refractivity contribution in [1.82, 2.24) is 20.5 Å². The maximum Gasteiger partial charge on any atom is 0.317 e. The first-order valence-corrected chi connectivity index (χ1v) is 9.35. The van der Waals surface area contributed by atoms with Gasteiger partial charge in [-0.1, -0.05) is 30.3 Å². The molecule has 2 N–H and O–H groups in total. The summed E-state index contributed by atoms with van der Waals surface area (Å²) in [5, 5.41) is 5.85. The van der Waals surface area contributed by atoms with Crippen molar-refractivity contribution in [2.75, 3.05) is 19.6 Å². The van der Waals surface area contributed by atoms with Gasteiger partial charge in [-0.25, -0.2) is 4.79 Å². The van der Waals surface area contributed by atoms with Crippen LogP contribution in [0.1, 0.15) is 29.5 Å². The number of benzene rings is 1. The molecule has 6 heteroatoms. The van der Waals surface area contributed by atoms with Crippen LogP contribution >= 0.6 is 0 Å². The molecule has 1 aliphatic heterocycles. The highest BCUT2D eigenvalue weighted by molar-refractivity contribution is 5.83. The molecule has 1 aliphatic rings. The smallest absolute Gasteiger partial charge is 0.317 e. The number of nitrogens with one attached hydrogen (secondary N) is 2. The molecule has 2 atom stereocenters. The van der Waals surface area contributed by atoms with Gasteiger partial charge in [-0.15, -0.1) is 0 Å². The highest BCUT2D eigenvalue weighted by atomic mass is 16.2. The molecule has 0 bridgehead atoms. The second kappa shape index (κ2) is 8.66. The number of hydrogen-bond donors (Lipinski definition) is 2. The van der Waals surface area contributed by atoms with Crippen molar-refractivity contribution in [1.29, 1.82) is 0 Å². The van der Waals surface area contributed by atoms with Gasteiger partial charge in [-0.2, -0.15) is 0 Å². The van der Waals surface area contributed by atoms with Gasteiger partial charge in [0.05, 0.1) is 5.92 Å². The van der Waals surface area contributed by atoms with Crippen molar-refractivity contribution in [2.45, 2.75) is 26.3 Å². The van der Waals surface area contributed by atoms with Crippen molar-refractivity contribution in [3.63, 3.8) is 0 Å². The number of carbonyl (C=O) groups is 2. The minimum atomic E-state index is -0.273. The van der Waals surface area contributed by atoms with E-state index in [1.165, 1.54) is 0 Å². The van der Waals surface area contributed by atoms with Crippen molar-refractivity contribution in [3.05, 3.63) is 65.5 Å². The van der Waals surface area contributed by atoms with Gasteiger partial charge in [0, 0.05) is 44.5 Å². The summed E-state index contributed by atoms with van der Waals surface area (Å²) in [5.74, 6) is -0.313. The molecule has 0 radical (unpaired) electrons. The van der Waals surface area contributed by atoms with Gasteiger partial charge >= 0.3 is 6.03 Å².